The number of fused-ring (bicyclic) bond motifs is 5. The standard InChI is InChI=1S/C23H16IN/c1-15-10-12-16(13-11-15)22-21-14-17-6-2-4-8-19(17)25(21)20-9-5-3-7-18(20)23(22)24/h2-14H,1H3. The van der Waals surface area contributed by atoms with Gasteiger partial charge in [-0.2, -0.15) is 0 Å². The molecule has 0 N–H and O–H groups in total. The third-order valence-electron chi connectivity index (χ3n) is 4.91. The Labute approximate surface area is 160 Å². The Kier molecular flexibility index (Phi) is 3.35. The van der Waals surface area contributed by atoms with Crippen molar-refractivity contribution in [3.8, 4) is 11.1 Å². The topological polar surface area (TPSA) is 4.41 Å². The van der Waals surface area contributed by atoms with Crippen molar-refractivity contribution in [2.24, 2.45) is 0 Å². The summed E-state index contributed by atoms with van der Waals surface area (Å²) in [7, 11) is 0. The zero-order chi connectivity index (χ0) is 17.0. The minimum atomic E-state index is 1.26. The Morgan fingerprint density at radius 1 is 0.720 bits per heavy atom. The summed E-state index contributed by atoms with van der Waals surface area (Å²) in [5, 5.41) is 2.58. The monoisotopic (exact) mass is 433 g/mol. The van der Waals surface area contributed by atoms with E-state index in [9.17, 15) is 0 Å². The summed E-state index contributed by atoms with van der Waals surface area (Å²) in [4.78, 5) is 0. The number of aromatic nitrogens is 1. The van der Waals surface area contributed by atoms with Crippen LogP contribution in [0.5, 0.6) is 0 Å². The molecule has 0 saturated carbocycles. The fraction of sp³-hybridized carbons (Fsp3) is 0.0435. The van der Waals surface area contributed by atoms with Gasteiger partial charge in [0.15, 0.2) is 0 Å². The van der Waals surface area contributed by atoms with E-state index in [4.69, 9.17) is 0 Å². The van der Waals surface area contributed by atoms with Crippen molar-refractivity contribution < 1.29 is 0 Å². The second-order valence-electron chi connectivity index (χ2n) is 6.50. The van der Waals surface area contributed by atoms with Crippen LogP contribution >= 0.6 is 22.6 Å². The highest BCUT2D eigenvalue weighted by molar-refractivity contribution is 14.1. The molecule has 2 heteroatoms. The fourth-order valence-corrected chi connectivity index (χ4v) is 4.74. The minimum absolute atomic E-state index is 1.26. The third-order valence-corrected chi connectivity index (χ3v) is 6.03. The van der Waals surface area contributed by atoms with Crippen LogP contribution in [-0.2, 0) is 0 Å². The first-order chi connectivity index (χ1) is 12.2. The van der Waals surface area contributed by atoms with Crippen molar-refractivity contribution in [3.05, 3.63) is 88.0 Å². The van der Waals surface area contributed by atoms with E-state index in [1.54, 1.807) is 0 Å². The van der Waals surface area contributed by atoms with Gasteiger partial charge in [-0.05, 0) is 53.3 Å². The van der Waals surface area contributed by atoms with E-state index in [-0.39, 0.29) is 0 Å². The Bertz CT molecular complexity index is 1250. The van der Waals surface area contributed by atoms with E-state index < -0.39 is 0 Å². The van der Waals surface area contributed by atoms with Crippen molar-refractivity contribution in [1.82, 2.24) is 4.40 Å². The lowest BCUT2D eigenvalue weighted by atomic mass is 10.0. The second-order valence-corrected chi connectivity index (χ2v) is 7.57. The number of benzene rings is 3. The lowest BCUT2D eigenvalue weighted by Crippen LogP contribution is -1.95. The predicted molar refractivity (Wildman–Crippen MR) is 115 cm³/mol. The quantitative estimate of drug-likeness (QED) is 0.256. The van der Waals surface area contributed by atoms with Gasteiger partial charge in [0, 0.05) is 19.9 Å². The number of aryl methyl sites for hydroxylation is 1. The Morgan fingerprint density at radius 2 is 1.40 bits per heavy atom. The Morgan fingerprint density at radius 3 is 2.20 bits per heavy atom. The van der Waals surface area contributed by atoms with Crippen LogP contribution in [0.15, 0.2) is 78.9 Å². The molecular formula is C23H16IN. The van der Waals surface area contributed by atoms with Crippen LogP contribution in [0.25, 0.3) is 38.4 Å². The summed E-state index contributed by atoms with van der Waals surface area (Å²) in [6.45, 7) is 2.14. The summed E-state index contributed by atoms with van der Waals surface area (Å²) >= 11 is 2.51. The average Bonchev–Trinajstić information content (AvgIpc) is 3.02. The van der Waals surface area contributed by atoms with Gasteiger partial charge in [0.25, 0.3) is 0 Å². The summed E-state index contributed by atoms with van der Waals surface area (Å²) < 4.78 is 3.72. The SMILES string of the molecule is Cc1ccc(-c2c(I)c3ccccc3n3c2cc2ccccc23)cc1. The first-order valence-electron chi connectivity index (χ1n) is 8.41. The van der Waals surface area contributed by atoms with Crippen molar-refractivity contribution >= 4 is 49.9 Å². The molecule has 0 fully saturated rings. The van der Waals surface area contributed by atoms with E-state index in [0.717, 1.165) is 0 Å². The van der Waals surface area contributed by atoms with Gasteiger partial charge in [-0.3, -0.25) is 0 Å². The molecule has 0 spiro atoms. The van der Waals surface area contributed by atoms with Crippen LogP contribution < -0.4 is 0 Å². The van der Waals surface area contributed by atoms with Gasteiger partial charge in [0.05, 0.1) is 16.6 Å². The molecule has 0 saturated heterocycles. The Balaban J connectivity index is 2.05. The highest BCUT2D eigenvalue weighted by Crippen LogP contribution is 2.38. The van der Waals surface area contributed by atoms with E-state index in [1.807, 2.05) is 0 Å². The molecule has 0 bridgehead atoms. The molecule has 0 aliphatic carbocycles. The van der Waals surface area contributed by atoms with Crippen molar-refractivity contribution in [2.75, 3.05) is 0 Å². The number of pyridine rings is 1. The van der Waals surface area contributed by atoms with Gasteiger partial charge in [0.2, 0.25) is 0 Å². The predicted octanol–water partition coefficient (Wildman–Crippen LogP) is 6.83. The zero-order valence-electron chi connectivity index (χ0n) is 13.8. The molecule has 0 radical (unpaired) electrons. The van der Waals surface area contributed by atoms with Crippen LogP contribution in [-0.4, -0.2) is 4.40 Å². The molecule has 120 valence electrons. The van der Waals surface area contributed by atoms with E-state index in [2.05, 4.69) is 113 Å². The van der Waals surface area contributed by atoms with E-state index in [0.29, 0.717) is 0 Å². The van der Waals surface area contributed by atoms with Gasteiger partial charge < -0.3 is 4.40 Å². The fourth-order valence-electron chi connectivity index (χ4n) is 3.69. The lowest BCUT2D eigenvalue weighted by Gasteiger charge is -2.14. The number of hydrogen-bond acceptors (Lipinski definition) is 0. The summed E-state index contributed by atoms with van der Waals surface area (Å²) in [5.41, 5.74) is 7.67. The van der Waals surface area contributed by atoms with E-state index >= 15 is 0 Å². The van der Waals surface area contributed by atoms with Crippen LogP contribution in [0, 0.1) is 10.5 Å². The number of para-hydroxylation sites is 2. The zero-order valence-corrected chi connectivity index (χ0v) is 16.0. The molecule has 0 aliphatic heterocycles. The smallest absolute Gasteiger partial charge is 0.0558 e. The maximum atomic E-state index is 2.51. The molecule has 3 aromatic carbocycles. The highest BCUT2D eigenvalue weighted by Gasteiger charge is 2.16. The minimum Gasteiger partial charge on any atom is -0.309 e. The normalized spacial score (nSPS) is 11.6. The maximum absolute atomic E-state index is 2.51. The van der Waals surface area contributed by atoms with Crippen molar-refractivity contribution in [2.45, 2.75) is 6.92 Å². The van der Waals surface area contributed by atoms with Gasteiger partial charge in [-0.1, -0.05) is 66.2 Å². The van der Waals surface area contributed by atoms with Crippen LogP contribution in [0.1, 0.15) is 5.56 Å². The molecule has 0 atom stereocenters. The van der Waals surface area contributed by atoms with Crippen molar-refractivity contribution in [1.29, 1.82) is 0 Å². The highest BCUT2D eigenvalue weighted by atomic mass is 127. The maximum Gasteiger partial charge on any atom is 0.0558 e. The molecule has 5 aromatic rings. The van der Waals surface area contributed by atoms with Crippen LogP contribution in [0.2, 0.25) is 0 Å². The summed E-state index contributed by atoms with van der Waals surface area (Å²) in [6, 6.07) is 28.5. The lowest BCUT2D eigenvalue weighted by molar-refractivity contribution is 1.32. The van der Waals surface area contributed by atoms with Gasteiger partial charge in [-0.25, -0.2) is 0 Å². The molecule has 2 aromatic heterocycles. The Hall–Kier alpha value is -2.33. The first-order valence-corrected chi connectivity index (χ1v) is 9.49. The molecule has 25 heavy (non-hydrogen) atoms. The first kappa shape index (κ1) is 15.0. The largest absolute Gasteiger partial charge is 0.309 e. The summed E-state index contributed by atoms with van der Waals surface area (Å²) in [6.07, 6.45) is 0. The molecule has 0 amide bonds. The van der Waals surface area contributed by atoms with Gasteiger partial charge >= 0.3 is 0 Å². The summed E-state index contributed by atoms with van der Waals surface area (Å²) in [5.74, 6) is 0. The number of nitrogens with zero attached hydrogens (tertiary/aromatic N) is 1. The third kappa shape index (κ3) is 2.20. The number of halogens is 1. The molecule has 0 unspecified atom stereocenters. The number of rotatable bonds is 1. The number of hydrogen-bond donors (Lipinski definition) is 0. The molecule has 5 rings (SSSR count). The molecule has 1 nitrogen and oxygen atoms in total. The average molecular weight is 433 g/mol. The van der Waals surface area contributed by atoms with Crippen LogP contribution in [0.3, 0.4) is 0 Å². The van der Waals surface area contributed by atoms with Crippen LogP contribution in [0.4, 0.5) is 0 Å². The molecule has 2 heterocycles. The van der Waals surface area contributed by atoms with Gasteiger partial charge in [-0.15, -0.1) is 0 Å². The second kappa shape index (κ2) is 5.60. The molecular weight excluding hydrogens is 417 g/mol. The molecule has 0 aliphatic rings. The van der Waals surface area contributed by atoms with Crippen molar-refractivity contribution in [3.63, 3.8) is 0 Å². The van der Waals surface area contributed by atoms with E-state index in [1.165, 1.54) is 47.6 Å². The van der Waals surface area contributed by atoms with Gasteiger partial charge in [0.1, 0.15) is 0 Å².